The zero-order valence-electron chi connectivity index (χ0n) is 14.2. The molecule has 25 heavy (non-hydrogen) atoms. The number of hydrogen-bond acceptors (Lipinski definition) is 7. The molecule has 1 rings (SSSR count). The molecule has 1 aromatic carbocycles. The first-order valence-electron chi connectivity index (χ1n) is 6.82. The molecule has 0 aromatic heterocycles. The second kappa shape index (κ2) is 13.6. The monoisotopic (exact) mass is 335 g/mol. The molecule has 0 aliphatic carbocycles. The molecule has 8 nitrogen and oxygen atoms in total. The number of carbonyl (C=O) groups is 4. The summed E-state index contributed by atoms with van der Waals surface area (Å²) in [7, 11) is 0. The summed E-state index contributed by atoms with van der Waals surface area (Å²) >= 11 is 0. The van der Waals surface area contributed by atoms with Crippen LogP contribution in [0.1, 0.15) is 24.8 Å². The van der Waals surface area contributed by atoms with E-state index in [0.717, 1.165) is 5.56 Å². The van der Waals surface area contributed by atoms with Crippen LogP contribution in [0.3, 0.4) is 0 Å². The van der Waals surface area contributed by atoms with E-state index in [1.165, 1.54) is 0 Å². The Morgan fingerprint density at radius 1 is 1.04 bits per heavy atom. The Hall–Kier alpha value is -1.71. The fraction of sp³-hybridized carbons (Fsp3) is 0.333. The van der Waals surface area contributed by atoms with Crippen molar-refractivity contribution in [3.05, 3.63) is 35.9 Å². The van der Waals surface area contributed by atoms with Crippen LogP contribution in [0.4, 0.5) is 4.79 Å². The number of nitrogens with one attached hydrogen (secondary N) is 1. The van der Waals surface area contributed by atoms with Crippen molar-refractivity contribution < 1.29 is 71.8 Å². The molecule has 1 N–H and O–H groups in total. The van der Waals surface area contributed by atoms with Gasteiger partial charge in [-0.25, -0.2) is 4.79 Å². The van der Waals surface area contributed by atoms with Gasteiger partial charge in [-0.3, -0.25) is 4.79 Å². The number of ether oxygens (including phenoxy) is 1. The largest absolute Gasteiger partial charge is 1.00 e. The smallest absolute Gasteiger partial charge is 0.548 e. The van der Waals surface area contributed by atoms with Gasteiger partial charge in [0.25, 0.3) is 0 Å². The minimum atomic E-state index is -1.83. The number of alkyl carbamates (subject to hydrolysis) is 1. The number of hydrogen-bond donors (Lipinski definition) is 1. The second-order valence-electron chi connectivity index (χ2n) is 4.68. The molecular weight excluding hydrogens is 320 g/mol. The zero-order chi connectivity index (χ0) is 17.2. The molecule has 0 radical (unpaired) electrons. The van der Waals surface area contributed by atoms with Crippen molar-refractivity contribution in [2.45, 2.75) is 31.9 Å². The maximum absolute atomic E-state index is 11.5. The number of rotatable bonds is 9. The Labute approximate surface area is 168 Å². The Balaban J connectivity index is 0. The molecule has 1 atom stereocenters. The summed E-state index contributed by atoms with van der Waals surface area (Å²) < 4.78 is 4.86. The summed E-state index contributed by atoms with van der Waals surface area (Å²) in [5, 5.41) is 23.2. The Morgan fingerprint density at radius 2 is 1.64 bits per heavy atom. The number of benzene rings is 1. The van der Waals surface area contributed by atoms with Gasteiger partial charge in [-0.15, -0.1) is 0 Å². The van der Waals surface area contributed by atoms with Gasteiger partial charge in [0.1, 0.15) is 12.6 Å². The number of amides is 1. The van der Waals surface area contributed by atoms with E-state index >= 15 is 0 Å². The van der Waals surface area contributed by atoms with Crippen LogP contribution in [0, 0.1) is 0 Å². The molecule has 10 heteroatoms. The molecule has 1 aromatic rings. The van der Waals surface area contributed by atoms with Crippen LogP contribution in [-0.4, -0.2) is 29.9 Å². The van der Waals surface area contributed by atoms with Gasteiger partial charge in [0, 0.05) is 6.42 Å². The third-order valence-electron chi connectivity index (χ3n) is 2.91. The first-order chi connectivity index (χ1) is 10.9. The van der Waals surface area contributed by atoms with Gasteiger partial charge in [-0.05, 0) is 18.4 Å². The number of ketones is 1. The van der Waals surface area contributed by atoms with E-state index in [0.29, 0.717) is 0 Å². The van der Waals surface area contributed by atoms with E-state index in [-0.39, 0.29) is 63.6 Å². The van der Waals surface area contributed by atoms with Crippen LogP contribution >= 0.6 is 0 Å². The third-order valence-corrected chi connectivity index (χ3v) is 2.91. The van der Waals surface area contributed by atoms with Gasteiger partial charge in [0.2, 0.25) is 0 Å². The van der Waals surface area contributed by atoms with Crippen LogP contribution in [0.5, 0.6) is 0 Å². The summed E-state index contributed by atoms with van der Waals surface area (Å²) in [4.78, 5) is 43.5. The van der Waals surface area contributed by atoms with Crippen LogP contribution in [0.15, 0.2) is 30.3 Å². The zero-order valence-corrected chi connectivity index (χ0v) is 14.2. The van der Waals surface area contributed by atoms with Gasteiger partial charge in [-0.2, -0.15) is 0 Å². The molecule has 124 valence electrons. The molecule has 1 amide bonds. The summed E-state index contributed by atoms with van der Waals surface area (Å²) in [6, 6.07) is 7.39. The predicted molar refractivity (Wildman–Crippen MR) is 72.4 cm³/mol. The number of carboxylic acids is 2. The molecule has 0 saturated carbocycles. The normalized spacial score (nSPS) is 10.4. The third kappa shape index (κ3) is 10.7. The Morgan fingerprint density at radius 3 is 2.16 bits per heavy atom. The van der Waals surface area contributed by atoms with E-state index < -0.39 is 29.9 Å². The average molecular weight is 335 g/mol. The van der Waals surface area contributed by atoms with E-state index in [9.17, 15) is 29.4 Å². The van der Waals surface area contributed by atoms with Crippen LogP contribution in [0.2, 0.25) is 0 Å². The Kier molecular flexibility index (Phi) is 13.9. The van der Waals surface area contributed by atoms with Crippen molar-refractivity contribution in [2.75, 3.05) is 0 Å². The molecule has 0 heterocycles. The van der Waals surface area contributed by atoms with Gasteiger partial charge in [0.05, 0.1) is 12.0 Å². The topological polar surface area (TPSA) is 136 Å². The standard InChI is InChI=1S/C15H17NO7.2Li/c17-12(14(20)21)8-4-7-11(13(18)19)16-15(22)23-9-10-5-2-1-3-6-10;;/h1-3,5-6,11H,4,7-9H2,(H,16,22)(H,18,19)(H,20,21);;/q;2*+1/p-2/t11-;;/m0../s1. The van der Waals surface area contributed by atoms with Crippen LogP contribution < -0.4 is 53.3 Å². The molecular formula is C15H15Li2NO7. The summed E-state index contributed by atoms with van der Waals surface area (Å²) in [6.45, 7) is -0.0321. The van der Waals surface area contributed by atoms with Crippen molar-refractivity contribution in [3.63, 3.8) is 0 Å². The molecule has 0 fully saturated rings. The first kappa shape index (κ1) is 25.5. The van der Waals surface area contributed by atoms with Crippen molar-refractivity contribution in [1.29, 1.82) is 0 Å². The second-order valence-corrected chi connectivity index (χ2v) is 4.68. The number of carboxylic acid groups (broad SMARTS) is 2. The molecule has 0 unspecified atom stereocenters. The minimum Gasteiger partial charge on any atom is -0.548 e. The molecule has 0 aliphatic heterocycles. The first-order valence-corrected chi connectivity index (χ1v) is 6.82. The summed E-state index contributed by atoms with van der Waals surface area (Å²) in [6.07, 6.45) is -1.55. The van der Waals surface area contributed by atoms with Gasteiger partial charge in [-0.1, -0.05) is 30.3 Å². The maximum atomic E-state index is 11.5. The molecule has 0 spiro atoms. The summed E-state index contributed by atoms with van der Waals surface area (Å²) in [5.41, 5.74) is 0.729. The fourth-order valence-corrected chi connectivity index (χ4v) is 1.72. The molecule has 0 aliphatic rings. The summed E-state index contributed by atoms with van der Waals surface area (Å²) in [5.74, 6) is -4.51. The van der Waals surface area contributed by atoms with Crippen molar-refractivity contribution >= 4 is 23.8 Å². The maximum Gasteiger partial charge on any atom is 1.00 e. The minimum absolute atomic E-state index is 0. The predicted octanol–water partition coefficient (Wildman–Crippen LogP) is -7.47. The van der Waals surface area contributed by atoms with E-state index in [1.54, 1.807) is 30.3 Å². The number of aliphatic carboxylic acids is 2. The van der Waals surface area contributed by atoms with Gasteiger partial charge < -0.3 is 29.9 Å². The van der Waals surface area contributed by atoms with Crippen LogP contribution in [-0.2, 0) is 25.7 Å². The van der Waals surface area contributed by atoms with E-state index in [1.807, 2.05) is 0 Å². The van der Waals surface area contributed by atoms with Crippen molar-refractivity contribution in [1.82, 2.24) is 5.32 Å². The van der Waals surface area contributed by atoms with Crippen LogP contribution in [0.25, 0.3) is 0 Å². The van der Waals surface area contributed by atoms with E-state index in [2.05, 4.69) is 5.32 Å². The van der Waals surface area contributed by atoms with Gasteiger partial charge >= 0.3 is 43.8 Å². The molecule has 0 saturated heterocycles. The quantitative estimate of drug-likeness (QED) is 0.350. The average Bonchev–Trinajstić information content (AvgIpc) is 2.52. The SMILES string of the molecule is O=C(N[C@@H](CCCC(=O)C(=O)[O-])C(=O)[O-])OCc1ccccc1.[Li+].[Li+]. The van der Waals surface area contributed by atoms with E-state index in [4.69, 9.17) is 4.74 Å². The van der Waals surface area contributed by atoms with Gasteiger partial charge in [0.15, 0.2) is 5.78 Å². The fourth-order valence-electron chi connectivity index (χ4n) is 1.72. The number of Topliss-reactive ketones (excluding diaryl/α,β-unsaturated/α-hetero) is 1. The van der Waals surface area contributed by atoms with Crippen molar-refractivity contribution in [2.24, 2.45) is 0 Å². The molecule has 0 bridgehead atoms. The van der Waals surface area contributed by atoms with Crippen molar-refractivity contribution in [3.8, 4) is 0 Å². The Bertz CT molecular complexity index is 581. The number of carbonyl (C=O) groups excluding carboxylic acids is 4.